The van der Waals surface area contributed by atoms with Crippen molar-refractivity contribution in [1.29, 1.82) is 0 Å². The third-order valence-corrected chi connectivity index (χ3v) is 3.80. The van der Waals surface area contributed by atoms with Crippen molar-refractivity contribution in [2.75, 3.05) is 14.2 Å². The average molecular weight is 344 g/mol. The lowest BCUT2D eigenvalue weighted by Gasteiger charge is -2.25. The first-order valence-electron chi connectivity index (χ1n) is 6.38. The maximum Gasteiger partial charge on any atom is 0.327 e. The summed E-state index contributed by atoms with van der Waals surface area (Å²) in [6.07, 6.45) is 0. The molecular weight excluding hydrogens is 329 g/mol. The average Bonchev–Trinajstić information content (AvgIpc) is 2.88. The molecule has 0 bridgehead atoms. The van der Waals surface area contributed by atoms with Crippen LogP contribution in [0.4, 0.5) is 0 Å². The van der Waals surface area contributed by atoms with Crippen LogP contribution in [0.3, 0.4) is 0 Å². The fourth-order valence-corrected chi connectivity index (χ4v) is 2.37. The molecule has 0 amide bonds. The van der Waals surface area contributed by atoms with E-state index in [0.717, 1.165) is 0 Å². The van der Waals surface area contributed by atoms with Gasteiger partial charge >= 0.3 is 5.97 Å². The van der Waals surface area contributed by atoms with Crippen molar-refractivity contribution in [3.8, 4) is 0 Å². The van der Waals surface area contributed by atoms with Crippen LogP contribution in [0.1, 0.15) is 17.4 Å². The molecule has 0 aliphatic heterocycles. The van der Waals surface area contributed by atoms with Gasteiger partial charge in [-0.05, 0) is 30.0 Å². The predicted molar refractivity (Wildman–Crippen MR) is 81.5 cm³/mol. The van der Waals surface area contributed by atoms with Crippen LogP contribution < -0.4 is 0 Å². The number of hydrogen-bond donors (Lipinski definition) is 0. The topological polar surface area (TPSA) is 73.1 Å². The zero-order chi connectivity index (χ0) is 16.3. The molecule has 0 unspecified atom stereocenters. The minimum absolute atomic E-state index is 0.327. The minimum atomic E-state index is -0.649. The molecule has 1 atom stereocenters. The van der Waals surface area contributed by atoms with E-state index in [-0.39, 0.29) is 0 Å². The lowest BCUT2D eigenvalue weighted by Crippen LogP contribution is -2.32. The Morgan fingerprint density at radius 1 is 1.41 bits per heavy atom. The molecule has 0 saturated carbocycles. The molecule has 2 aromatic rings. The quantitative estimate of drug-likeness (QED) is 0.771. The number of aromatic nitrogens is 4. The maximum atomic E-state index is 12.1. The van der Waals surface area contributed by atoms with Crippen molar-refractivity contribution >= 4 is 29.2 Å². The van der Waals surface area contributed by atoms with Crippen LogP contribution >= 0.6 is 23.2 Å². The van der Waals surface area contributed by atoms with Crippen LogP contribution in [-0.2, 0) is 23.1 Å². The van der Waals surface area contributed by atoms with Gasteiger partial charge in [-0.1, -0.05) is 29.3 Å². The smallest absolute Gasteiger partial charge is 0.327 e. The second kappa shape index (κ2) is 7.04. The Morgan fingerprint density at radius 2 is 2.14 bits per heavy atom. The fraction of sp³-hybridized carbons (Fsp3) is 0.385. The number of nitrogens with zero attached hydrogens (tertiary/aromatic N) is 5. The summed E-state index contributed by atoms with van der Waals surface area (Å²) in [6, 6.07) is 4.37. The third kappa shape index (κ3) is 3.73. The first-order valence-corrected chi connectivity index (χ1v) is 7.14. The number of esters is 1. The van der Waals surface area contributed by atoms with E-state index in [1.54, 1.807) is 37.2 Å². The summed E-state index contributed by atoms with van der Waals surface area (Å²) in [4.78, 5) is 15.3. The highest BCUT2D eigenvalue weighted by Gasteiger charge is 2.27. The Bertz CT molecular complexity index is 676. The van der Waals surface area contributed by atoms with E-state index in [1.165, 1.54) is 11.9 Å². The van der Waals surface area contributed by atoms with Crippen molar-refractivity contribution in [3.63, 3.8) is 0 Å². The van der Waals surface area contributed by atoms with E-state index in [0.29, 0.717) is 28.0 Å². The summed E-state index contributed by atoms with van der Waals surface area (Å²) in [5.74, 6) is 0.0868. The molecule has 118 valence electrons. The number of hydrogen-bond acceptors (Lipinski definition) is 6. The van der Waals surface area contributed by atoms with Gasteiger partial charge in [-0.2, -0.15) is 4.80 Å². The monoisotopic (exact) mass is 343 g/mol. The summed E-state index contributed by atoms with van der Waals surface area (Å²) in [5, 5.41) is 12.6. The van der Waals surface area contributed by atoms with Gasteiger partial charge in [-0.3, -0.25) is 4.90 Å². The SMILES string of the molecule is COC(=O)[C@@H](c1ccc(Cl)c(Cl)c1)N(C)Cc1nnn(C)n1. The third-order valence-electron chi connectivity index (χ3n) is 3.07. The van der Waals surface area contributed by atoms with Gasteiger partial charge in [0, 0.05) is 0 Å². The molecular formula is C13H15Cl2N5O2. The number of halogens is 2. The molecule has 0 spiro atoms. The minimum Gasteiger partial charge on any atom is -0.468 e. The molecule has 1 heterocycles. The van der Waals surface area contributed by atoms with E-state index in [1.807, 2.05) is 0 Å². The van der Waals surface area contributed by atoms with Gasteiger partial charge < -0.3 is 4.74 Å². The highest BCUT2D eigenvalue weighted by atomic mass is 35.5. The summed E-state index contributed by atoms with van der Waals surface area (Å²) in [7, 11) is 4.77. The van der Waals surface area contributed by atoms with Crippen LogP contribution in [0.15, 0.2) is 18.2 Å². The van der Waals surface area contributed by atoms with Crippen molar-refractivity contribution < 1.29 is 9.53 Å². The first-order chi connectivity index (χ1) is 10.4. The molecule has 2 rings (SSSR count). The number of methoxy groups -OCH3 is 1. The second-order valence-corrected chi connectivity index (χ2v) is 5.52. The zero-order valence-electron chi connectivity index (χ0n) is 12.3. The zero-order valence-corrected chi connectivity index (χ0v) is 13.8. The Balaban J connectivity index is 2.28. The number of benzene rings is 1. The van der Waals surface area contributed by atoms with Crippen molar-refractivity contribution in [2.24, 2.45) is 7.05 Å². The molecule has 0 fully saturated rings. The van der Waals surface area contributed by atoms with Gasteiger partial charge in [0.25, 0.3) is 0 Å². The lowest BCUT2D eigenvalue weighted by molar-refractivity contribution is -0.147. The molecule has 1 aromatic carbocycles. The van der Waals surface area contributed by atoms with Crippen molar-refractivity contribution in [2.45, 2.75) is 12.6 Å². The number of carbonyl (C=O) groups excluding carboxylic acids is 1. The number of aryl methyl sites for hydroxylation is 1. The molecule has 0 saturated heterocycles. The van der Waals surface area contributed by atoms with E-state index in [2.05, 4.69) is 15.4 Å². The number of ether oxygens (including phenoxy) is 1. The van der Waals surface area contributed by atoms with Gasteiger partial charge in [-0.15, -0.1) is 10.2 Å². The van der Waals surface area contributed by atoms with Gasteiger partial charge in [0.1, 0.15) is 6.04 Å². The summed E-state index contributed by atoms with van der Waals surface area (Å²) in [6.45, 7) is 0.327. The largest absolute Gasteiger partial charge is 0.468 e. The molecule has 22 heavy (non-hydrogen) atoms. The fourth-order valence-electron chi connectivity index (χ4n) is 2.07. The second-order valence-electron chi connectivity index (χ2n) is 4.71. The first kappa shape index (κ1) is 16.7. The van der Waals surface area contributed by atoms with E-state index >= 15 is 0 Å². The van der Waals surface area contributed by atoms with E-state index in [4.69, 9.17) is 27.9 Å². The van der Waals surface area contributed by atoms with Crippen LogP contribution in [-0.4, -0.2) is 45.2 Å². The Morgan fingerprint density at radius 3 is 2.68 bits per heavy atom. The van der Waals surface area contributed by atoms with Gasteiger partial charge in [0.2, 0.25) is 0 Å². The van der Waals surface area contributed by atoms with Crippen LogP contribution in [0.2, 0.25) is 10.0 Å². The number of rotatable bonds is 5. The Labute approximate surface area is 137 Å². The number of likely N-dealkylation sites (N-methyl/N-ethyl adjacent to an activating group) is 1. The highest BCUT2D eigenvalue weighted by molar-refractivity contribution is 6.42. The van der Waals surface area contributed by atoms with Gasteiger partial charge in [0.15, 0.2) is 5.82 Å². The van der Waals surface area contributed by atoms with Crippen LogP contribution in [0.5, 0.6) is 0 Å². The lowest BCUT2D eigenvalue weighted by atomic mass is 10.1. The molecule has 0 aliphatic carbocycles. The van der Waals surface area contributed by atoms with Gasteiger partial charge in [0.05, 0.1) is 30.7 Å². The Hall–Kier alpha value is -1.70. The van der Waals surface area contributed by atoms with E-state index in [9.17, 15) is 4.79 Å². The van der Waals surface area contributed by atoms with E-state index < -0.39 is 12.0 Å². The summed E-state index contributed by atoms with van der Waals surface area (Å²) >= 11 is 12.0. The highest BCUT2D eigenvalue weighted by Crippen LogP contribution is 2.29. The Kier molecular flexibility index (Phi) is 5.33. The van der Waals surface area contributed by atoms with Crippen LogP contribution in [0, 0.1) is 0 Å². The standard InChI is InChI=1S/C13H15Cl2N5O2/c1-19(7-11-16-18-20(2)17-11)12(13(21)22-3)8-4-5-9(14)10(15)6-8/h4-6,12H,7H2,1-3H3/t12-/m1/s1. The molecule has 0 N–H and O–H groups in total. The molecule has 0 radical (unpaired) electrons. The van der Waals surface area contributed by atoms with Crippen molar-refractivity contribution in [3.05, 3.63) is 39.6 Å². The summed E-state index contributed by atoms with van der Waals surface area (Å²) < 4.78 is 4.88. The summed E-state index contributed by atoms with van der Waals surface area (Å²) in [5.41, 5.74) is 0.674. The number of carbonyl (C=O) groups is 1. The van der Waals surface area contributed by atoms with Gasteiger partial charge in [-0.25, -0.2) is 4.79 Å². The maximum absolute atomic E-state index is 12.1. The molecule has 0 aliphatic rings. The number of tetrazole rings is 1. The molecule has 9 heteroatoms. The molecule has 7 nitrogen and oxygen atoms in total. The normalized spacial score (nSPS) is 12.5. The predicted octanol–water partition coefficient (Wildman–Crippen LogP) is 1.86. The van der Waals surface area contributed by atoms with Crippen LogP contribution in [0.25, 0.3) is 0 Å². The van der Waals surface area contributed by atoms with Crippen molar-refractivity contribution in [1.82, 2.24) is 25.1 Å². The molecule has 1 aromatic heterocycles.